The van der Waals surface area contributed by atoms with Gasteiger partial charge < -0.3 is 5.11 Å². The molecular weight excluding hydrogens is 319 g/mol. The number of halogens is 1. The van der Waals surface area contributed by atoms with Crippen molar-refractivity contribution in [1.82, 2.24) is 4.98 Å². The summed E-state index contributed by atoms with van der Waals surface area (Å²) in [6.07, 6.45) is 1.29. The molecule has 3 N–H and O–H groups in total. The molecule has 6 nitrogen and oxygen atoms in total. The quantitative estimate of drug-likeness (QED) is 0.884. The first-order valence-electron chi connectivity index (χ1n) is 5.47. The molecule has 0 saturated heterocycles. The van der Waals surface area contributed by atoms with E-state index in [1.54, 1.807) is 0 Å². The summed E-state index contributed by atoms with van der Waals surface area (Å²) < 4.78 is 36.1. The van der Waals surface area contributed by atoms with E-state index in [4.69, 9.17) is 10.2 Å². The van der Waals surface area contributed by atoms with Gasteiger partial charge >= 0.3 is 5.97 Å². The van der Waals surface area contributed by atoms with Crippen molar-refractivity contribution in [3.8, 4) is 0 Å². The summed E-state index contributed by atoms with van der Waals surface area (Å²) in [5.41, 5.74) is -0.165. The Hall–Kier alpha value is -1.97. The van der Waals surface area contributed by atoms with Crippen LogP contribution in [0.1, 0.15) is 10.5 Å². The van der Waals surface area contributed by atoms with E-state index in [1.165, 1.54) is 30.5 Å². The lowest BCUT2D eigenvalue weighted by atomic mass is 10.3. The second-order valence-corrected chi connectivity index (χ2v) is 6.60. The summed E-state index contributed by atoms with van der Waals surface area (Å²) in [5, 5.41) is 13.7. The summed E-state index contributed by atoms with van der Waals surface area (Å²) in [6, 6.07) is 6.07. The number of aromatic carboxylic acids is 1. The first kappa shape index (κ1) is 15.4. The standard InChI is InChI=1S/C12H9FN2O4S2/c13-9-6-8(21(14,18)19)1-2-11(9)20-7-3-4-15-10(5-7)12(16)17/h1-6H,(H,16,17)(H2,14,18,19). The van der Waals surface area contributed by atoms with Crippen LogP contribution >= 0.6 is 11.8 Å². The Morgan fingerprint density at radius 1 is 1.29 bits per heavy atom. The monoisotopic (exact) mass is 328 g/mol. The van der Waals surface area contributed by atoms with Gasteiger partial charge in [0.2, 0.25) is 10.0 Å². The van der Waals surface area contributed by atoms with E-state index in [9.17, 15) is 17.6 Å². The molecule has 0 fully saturated rings. The number of rotatable bonds is 4. The van der Waals surface area contributed by atoms with Gasteiger partial charge in [0.1, 0.15) is 11.5 Å². The number of nitrogens with two attached hydrogens (primary N) is 1. The van der Waals surface area contributed by atoms with Crippen molar-refractivity contribution in [2.45, 2.75) is 14.7 Å². The van der Waals surface area contributed by atoms with Crippen LogP contribution in [0.5, 0.6) is 0 Å². The third-order valence-electron chi connectivity index (χ3n) is 2.41. The molecule has 21 heavy (non-hydrogen) atoms. The number of benzene rings is 1. The van der Waals surface area contributed by atoms with E-state index >= 15 is 0 Å². The molecule has 2 aromatic rings. The number of sulfonamides is 1. The number of aromatic nitrogens is 1. The summed E-state index contributed by atoms with van der Waals surface area (Å²) >= 11 is 0.951. The Labute approximate surface area is 123 Å². The fourth-order valence-corrected chi connectivity index (χ4v) is 2.83. The smallest absolute Gasteiger partial charge is 0.354 e. The molecule has 0 spiro atoms. The molecule has 0 atom stereocenters. The van der Waals surface area contributed by atoms with Crippen molar-refractivity contribution in [3.05, 3.63) is 48.0 Å². The second kappa shape index (κ2) is 5.80. The van der Waals surface area contributed by atoms with Crippen molar-refractivity contribution < 1.29 is 22.7 Å². The van der Waals surface area contributed by atoms with E-state index < -0.39 is 21.8 Å². The average Bonchev–Trinajstić information content (AvgIpc) is 2.40. The van der Waals surface area contributed by atoms with Gasteiger partial charge in [-0.25, -0.2) is 27.7 Å². The minimum Gasteiger partial charge on any atom is -0.477 e. The fraction of sp³-hybridized carbons (Fsp3) is 0. The van der Waals surface area contributed by atoms with Gasteiger partial charge in [0.25, 0.3) is 0 Å². The van der Waals surface area contributed by atoms with Gasteiger partial charge in [0, 0.05) is 16.0 Å². The topological polar surface area (TPSA) is 110 Å². The van der Waals surface area contributed by atoms with E-state index in [-0.39, 0.29) is 15.5 Å². The molecule has 9 heteroatoms. The number of hydrogen-bond acceptors (Lipinski definition) is 5. The number of carboxylic acids is 1. The predicted octanol–water partition coefficient (Wildman–Crippen LogP) is 1.72. The maximum atomic E-state index is 13.9. The SMILES string of the molecule is NS(=O)(=O)c1ccc(Sc2ccnc(C(=O)O)c2)c(F)c1. The number of primary sulfonamides is 1. The maximum absolute atomic E-state index is 13.9. The Kier molecular flexibility index (Phi) is 4.26. The minimum atomic E-state index is -3.97. The Bertz CT molecular complexity index is 809. The molecule has 0 aliphatic rings. The van der Waals surface area contributed by atoms with Gasteiger partial charge in [-0.1, -0.05) is 11.8 Å². The van der Waals surface area contributed by atoms with E-state index in [1.807, 2.05) is 0 Å². The van der Waals surface area contributed by atoms with Crippen molar-refractivity contribution in [2.24, 2.45) is 5.14 Å². The second-order valence-electron chi connectivity index (χ2n) is 3.92. The minimum absolute atomic E-state index is 0.143. The molecule has 110 valence electrons. The van der Waals surface area contributed by atoms with Crippen LogP contribution in [-0.2, 0) is 10.0 Å². The molecule has 0 bridgehead atoms. The van der Waals surface area contributed by atoms with Gasteiger partial charge in [0.05, 0.1) is 4.90 Å². The van der Waals surface area contributed by atoms with Crippen molar-refractivity contribution >= 4 is 27.8 Å². The molecule has 0 amide bonds. The average molecular weight is 328 g/mol. The van der Waals surface area contributed by atoms with Crippen LogP contribution in [0.25, 0.3) is 0 Å². The zero-order valence-corrected chi connectivity index (χ0v) is 12.0. The number of carbonyl (C=O) groups is 1. The molecule has 2 rings (SSSR count). The van der Waals surface area contributed by atoms with Gasteiger partial charge in [-0.3, -0.25) is 0 Å². The lowest BCUT2D eigenvalue weighted by Gasteiger charge is -2.05. The van der Waals surface area contributed by atoms with Gasteiger partial charge in [-0.15, -0.1) is 0 Å². The highest BCUT2D eigenvalue weighted by Gasteiger charge is 2.13. The first-order chi connectivity index (χ1) is 9.77. The predicted molar refractivity (Wildman–Crippen MR) is 73.1 cm³/mol. The molecule has 1 aromatic carbocycles. The largest absolute Gasteiger partial charge is 0.477 e. The molecule has 0 saturated carbocycles. The van der Waals surface area contributed by atoms with Gasteiger partial charge in [0.15, 0.2) is 0 Å². The number of pyridine rings is 1. The third kappa shape index (κ3) is 3.78. The molecular formula is C12H9FN2O4S2. The highest BCUT2D eigenvalue weighted by molar-refractivity contribution is 7.99. The van der Waals surface area contributed by atoms with Crippen LogP contribution in [0.3, 0.4) is 0 Å². The highest BCUT2D eigenvalue weighted by atomic mass is 32.2. The van der Waals surface area contributed by atoms with E-state index in [0.29, 0.717) is 4.90 Å². The summed E-state index contributed by atoms with van der Waals surface area (Å²) in [6.45, 7) is 0. The molecule has 1 aromatic heterocycles. The number of hydrogen-bond donors (Lipinski definition) is 2. The number of nitrogens with zero attached hydrogens (tertiary/aromatic N) is 1. The van der Waals surface area contributed by atoms with Crippen molar-refractivity contribution in [2.75, 3.05) is 0 Å². The maximum Gasteiger partial charge on any atom is 0.354 e. The molecule has 0 radical (unpaired) electrons. The summed E-state index contributed by atoms with van der Waals surface area (Å²) in [7, 11) is -3.97. The van der Waals surface area contributed by atoms with Crippen LogP contribution in [0.2, 0.25) is 0 Å². The fourth-order valence-electron chi connectivity index (χ4n) is 1.46. The van der Waals surface area contributed by atoms with Gasteiger partial charge in [-0.05, 0) is 30.3 Å². The summed E-state index contributed by atoms with van der Waals surface area (Å²) in [5.74, 6) is -1.96. The summed E-state index contributed by atoms with van der Waals surface area (Å²) in [4.78, 5) is 14.7. The van der Waals surface area contributed by atoms with Gasteiger partial charge in [-0.2, -0.15) is 0 Å². The Morgan fingerprint density at radius 2 is 2.00 bits per heavy atom. The van der Waals surface area contributed by atoms with Crippen LogP contribution in [0, 0.1) is 5.82 Å². The Morgan fingerprint density at radius 3 is 2.57 bits per heavy atom. The molecule has 1 heterocycles. The van der Waals surface area contributed by atoms with Crippen LogP contribution in [0.15, 0.2) is 51.2 Å². The van der Waals surface area contributed by atoms with E-state index in [2.05, 4.69) is 4.98 Å². The lowest BCUT2D eigenvalue weighted by molar-refractivity contribution is 0.0690. The first-order valence-corrected chi connectivity index (χ1v) is 7.83. The van der Waals surface area contributed by atoms with Crippen LogP contribution < -0.4 is 5.14 Å². The van der Waals surface area contributed by atoms with Crippen molar-refractivity contribution in [1.29, 1.82) is 0 Å². The zero-order valence-electron chi connectivity index (χ0n) is 10.4. The third-order valence-corrected chi connectivity index (χ3v) is 4.36. The lowest BCUT2D eigenvalue weighted by Crippen LogP contribution is -2.12. The van der Waals surface area contributed by atoms with Crippen LogP contribution in [0.4, 0.5) is 4.39 Å². The van der Waals surface area contributed by atoms with Crippen LogP contribution in [-0.4, -0.2) is 24.5 Å². The Balaban J connectivity index is 2.32. The molecule has 0 unspecified atom stereocenters. The number of carboxylic acid groups (broad SMARTS) is 1. The molecule has 0 aliphatic carbocycles. The normalized spacial score (nSPS) is 11.3. The molecule has 0 aliphatic heterocycles. The van der Waals surface area contributed by atoms with Crippen molar-refractivity contribution in [3.63, 3.8) is 0 Å². The van der Waals surface area contributed by atoms with E-state index in [0.717, 1.165) is 17.8 Å². The zero-order chi connectivity index (χ0) is 15.6. The highest BCUT2D eigenvalue weighted by Crippen LogP contribution is 2.30.